The van der Waals surface area contributed by atoms with Gasteiger partial charge in [0, 0.05) is 6.61 Å². The van der Waals surface area contributed by atoms with Crippen molar-refractivity contribution in [3.63, 3.8) is 0 Å². The van der Waals surface area contributed by atoms with Crippen LogP contribution in [0.15, 0.2) is 11.1 Å². The predicted octanol–water partition coefficient (Wildman–Crippen LogP) is 3.16. The van der Waals surface area contributed by atoms with Crippen molar-refractivity contribution in [2.75, 3.05) is 6.61 Å². The summed E-state index contributed by atoms with van der Waals surface area (Å²) in [5, 5.41) is 0. The molecule has 0 aromatic heterocycles. The van der Waals surface area contributed by atoms with Crippen LogP contribution in [0, 0.1) is 17.8 Å². The molecule has 4 atom stereocenters. The van der Waals surface area contributed by atoms with Crippen LogP contribution in [0.5, 0.6) is 0 Å². The number of rotatable bonds is 3. The van der Waals surface area contributed by atoms with Gasteiger partial charge in [-0.25, -0.2) is 0 Å². The van der Waals surface area contributed by atoms with Crippen molar-refractivity contribution in [1.82, 2.24) is 0 Å². The molecule has 0 heterocycles. The number of allylic oxidation sites excluding steroid dienone is 1. The maximum absolute atomic E-state index is 5.74. The summed E-state index contributed by atoms with van der Waals surface area (Å²) in [6.45, 7) is 5.20. The molecule has 4 bridgehead atoms. The van der Waals surface area contributed by atoms with Crippen molar-refractivity contribution < 1.29 is 4.74 Å². The van der Waals surface area contributed by atoms with Gasteiger partial charge in [0.1, 0.15) is 0 Å². The Labute approximate surface area is 86.5 Å². The lowest BCUT2D eigenvalue weighted by atomic mass is 9.51. The van der Waals surface area contributed by atoms with Gasteiger partial charge in [-0.1, -0.05) is 5.57 Å². The van der Waals surface area contributed by atoms with Gasteiger partial charge in [-0.15, -0.1) is 0 Å². The molecule has 0 N–H and O–H groups in total. The van der Waals surface area contributed by atoms with Crippen molar-refractivity contribution in [1.29, 1.82) is 0 Å². The van der Waals surface area contributed by atoms with E-state index >= 15 is 0 Å². The van der Waals surface area contributed by atoms with Crippen LogP contribution in [0.25, 0.3) is 0 Å². The van der Waals surface area contributed by atoms with Gasteiger partial charge >= 0.3 is 0 Å². The summed E-state index contributed by atoms with van der Waals surface area (Å²) in [5.41, 5.74) is 3.52. The molecule has 78 valence electrons. The van der Waals surface area contributed by atoms with Gasteiger partial charge in [0.25, 0.3) is 0 Å². The van der Waals surface area contributed by atoms with Crippen LogP contribution in [-0.2, 0) is 4.74 Å². The van der Waals surface area contributed by atoms with E-state index in [1.54, 1.807) is 5.57 Å². The molecular weight excluding hydrogens is 172 g/mol. The molecule has 5 rings (SSSR count). The monoisotopic (exact) mass is 192 g/mol. The van der Waals surface area contributed by atoms with Gasteiger partial charge in [0.15, 0.2) is 0 Å². The molecule has 5 aliphatic carbocycles. The standard InChI is InChI=1S/C13H20O/c1-3-14-8(2)12-6-9-4-10-7-11(5-9)13(10)12/h8-11H,3-7H2,1-2H3/t8?,9?,10-,11?/m0/s1. The third-order valence-corrected chi connectivity index (χ3v) is 4.47. The van der Waals surface area contributed by atoms with E-state index in [1.807, 2.05) is 5.57 Å². The van der Waals surface area contributed by atoms with E-state index in [4.69, 9.17) is 4.74 Å². The van der Waals surface area contributed by atoms with Gasteiger partial charge in [-0.2, -0.15) is 0 Å². The molecular formula is C13H20O. The van der Waals surface area contributed by atoms with Crippen molar-refractivity contribution in [3.05, 3.63) is 11.1 Å². The van der Waals surface area contributed by atoms with Crippen LogP contribution in [0.4, 0.5) is 0 Å². The fourth-order valence-electron chi connectivity index (χ4n) is 3.99. The van der Waals surface area contributed by atoms with Crippen LogP contribution in [-0.4, -0.2) is 12.7 Å². The second kappa shape index (κ2) is 3.10. The minimum atomic E-state index is 0.406. The molecule has 1 nitrogen and oxygen atoms in total. The lowest BCUT2D eigenvalue weighted by Gasteiger charge is -2.54. The summed E-state index contributed by atoms with van der Waals surface area (Å²) in [4.78, 5) is 0. The Hall–Kier alpha value is -0.300. The fourth-order valence-corrected chi connectivity index (χ4v) is 3.99. The zero-order valence-corrected chi connectivity index (χ0v) is 9.25. The Morgan fingerprint density at radius 1 is 1.29 bits per heavy atom. The molecule has 0 saturated heterocycles. The van der Waals surface area contributed by atoms with Crippen LogP contribution >= 0.6 is 0 Å². The number of hydrogen-bond donors (Lipinski definition) is 0. The van der Waals surface area contributed by atoms with E-state index in [0.717, 1.165) is 24.4 Å². The van der Waals surface area contributed by atoms with Crippen LogP contribution < -0.4 is 0 Å². The first kappa shape index (κ1) is 8.96. The first-order valence-corrected chi connectivity index (χ1v) is 6.14. The normalized spacial score (nSPS) is 41.1. The zero-order chi connectivity index (χ0) is 9.71. The average Bonchev–Trinajstić information content (AvgIpc) is 2.17. The van der Waals surface area contributed by atoms with Crippen LogP contribution in [0.2, 0.25) is 0 Å². The SMILES string of the molecule is CCOC(C)C1=C2C3CC(C1)C[C@H]2C3. The fraction of sp³-hybridized carbons (Fsp3) is 0.846. The molecule has 5 aliphatic rings. The summed E-state index contributed by atoms with van der Waals surface area (Å²) in [7, 11) is 0. The highest BCUT2D eigenvalue weighted by Gasteiger charge is 2.48. The molecule has 0 aromatic rings. The van der Waals surface area contributed by atoms with Crippen molar-refractivity contribution in [2.24, 2.45) is 17.8 Å². The minimum absolute atomic E-state index is 0.406. The molecule has 3 fully saturated rings. The lowest BCUT2D eigenvalue weighted by molar-refractivity contribution is 0.0633. The number of ether oxygens (including phenoxy) is 1. The number of hydrogen-bond acceptors (Lipinski definition) is 1. The maximum Gasteiger partial charge on any atom is 0.0759 e. The largest absolute Gasteiger partial charge is 0.374 e. The molecule has 3 unspecified atom stereocenters. The third kappa shape index (κ3) is 1.11. The van der Waals surface area contributed by atoms with E-state index in [0.29, 0.717) is 6.10 Å². The molecule has 0 aliphatic heterocycles. The van der Waals surface area contributed by atoms with E-state index in [-0.39, 0.29) is 0 Å². The molecule has 3 saturated carbocycles. The highest BCUT2D eigenvalue weighted by molar-refractivity contribution is 5.35. The quantitative estimate of drug-likeness (QED) is 0.624. The maximum atomic E-state index is 5.74. The summed E-state index contributed by atoms with van der Waals surface area (Å²) < 4.78 is 5.74. The van der Waals surface area contributed by atoms with Crippen molar-refractivity contribution >= 4 is 0 Å². The average molecular weight is 192 g/mol. The first-order chi connectivity index (χ1) is 6.79. The first-order valence-electron chi connectivity index (χ1n) is 6.14. The lowest BCUT2D eigenvalue weighted by Crippen LogP contribution is -2.44. The van der Waals surface area contributed by atoms with E-state index < -0.39 is 0 Å². The van der Waals surface area contributed by atoms with Crippen LogP contribution in [0.1, 0.15) is 39.5 Å². The van der Waals surface area contributed by atoms with Crippen LogP contribution in [0.3, 0.4) is 0 Å². The summed E-state index contributed by atoms with van der Waals surface area (Å²) in [6, 6.07) is 0. The van der Waals surface area contributed by atoms with Crippen molar-refractivity contribution in [3.8, 4) is 0 Å². The Kier molecular flexibility index (Phi) is 1.98. The van der Waals surface area contributed by atoms with Gasteiger partial charge in [0.05, 0.1) is 6.10 Å². The van der Waals surface area contributed by atoms with Crippen molar-refractivity contribution in [2.45, 2.75) is 45.6 Å². The molecule has 1 heteroatoms. The smallest absolute Gasteiger partial charge is 0.0759 e. The summed E-state index contributed by atoms with van der Waals surface area (Å²) in [6.07, 6.45) is 6.24. The topological polar surface area (TPSA) is 9.23 Å². The Morgan fingerprint density at radius 3 is 2.57 bits per heavy atom. The third-order valence-electron chi connectivity index (χ3n) is 4.47. The molecule has 0 amide bonds. The molecule has 0 spiro atoms. The van der Waals surface area contributed by atoms with Gasteiger partial charge in [-0.05, 0) is 62.9 Å². The van der Waals surface area contributed by atoms with Gasteiger partial charge < -0.3 is 4.74 Å². The van der Waals surface area contributed by atoms with Gasteiger partial charge in [-0.3, -0.25) is 0 Å². The Bertz CT molecular complexity index is 265. The van der Waals surface area contributed by atoms with E-state index in [1.165, 1.54) is 25.7 Å². The second-order valence-corrected chi connectivity index (χ2v) is 5.25. The minimum Gasteiger partial charge on any atom is -0.374 e. The summed E-state index contributed by atoms with van der Waals surface area (Å²) >= 11 is 0. The summed E-state index contributed by atoms with van der Waals surface area (Å²) in [5.74, 6) is 2.96. The molecule has 14 heavy (non-hydrogen) atoms. The Balaban J connectivity index is 1.85. The highest BCUT2D eigenvalue weighted by Crippen LogP contribution is 2.59. The molecule has 0 radical (unpaired) electrons. The zero-order valence-electron chi connectivity index (χ0n) is 9.25. The predicted molar refractivity (Wildman–Crippen MR) is 57.1 cm³/mol. The highest BCUT2D eigenvalue weighted by atomic mass is 16.5. The number of fused-ring (bicyclic) bond motifs is 1. The molecule has 0 aromatic carbocycles. The van der Waals surface area contributed by atoms with E-state index in [2.05, 4.69) is 13.8 Å². The second-order valence-electron chi connectivity index (χ2n) is 5.25. The van der Waals surface area contributed by atoms with Gasteiger partial charge in [0.2, 0.25) is 0 Å². The Morgan fingerprint density at radius 2 is 2.00 bits per heavy atom. The van der Waals surface area contributed by atoms with E-state index in [9.17, 15) is 0 Å².